The Morgan fingerprint density at radius 2 is 2.12 bits per heavy atom. The monoisotopic (exact) mass is 387 g/mol. The lowest BCUT2D eigenvalue weighted by atomic mass is 10.2. The first-order valence-corrected chi connectivity index (χ1v) is 8.81. The van der Waals surface area contributed by atoms with Gasteiger partial charge in [0.1, 0.15) is 5.01 Å². The van der Waals surface area contributed by atoms with E-state index in [1.54, 1.807) is 11.8 Å². The van der Waals surface area contributed by atoms with Crippen LogP contribution >= 0.6 is 11.3 Å². The van der Waals surface area contributed by atoms with Crippen molar-refractivity contribution in [3.05, 3.63) is 29.0 Å². The molecule has 0 spiro atoms. The highest BCUT2D eigenvalue weighted by Gasteiger charge is 2.37. The second-order valence-corrected chi connectivity index (χ2v) is 6.31. The van der Waals surface area contributed by atoms with Gasteiger partial charge in [-0.2, -0.15) is 13.2 Å². The Morgan fingerprint density at radius 1 is 1.38 bits per heavy atom. The molecule has 1 saturated heterocycles. The third-order valence-electron chi connectivity index (χ3n) is 3.72. The summed E-state index contributed by atoms with van der Waals surface area (Å²) >= 11 is 1.15. The molecule has 1 fully saturated rings. The molecule has 0 saturated carbocycles. The molecule has 6 nitrogen and oxygen atoms in total. The number of anilines is 1. The molecule has 3 rings (SSSR count). The number of alkyl halides is 3. The zero-order valence-corrected chi connectivity index (χ0v) is 14.7. The van der Waals surface area contributed by atoms with Crippen LogP contribution in [0.4, 0.5) is 18.9 Å². The summed E-state index contributed by atoms with van der Waals surface area (Å²) in [5.41, 5.74) is -0.406. The van der Waals surface area contributed by atoms with E-state index in [2.05, 4.69) is 9.97 Å². The second-order valence-electron chi connectivity index (χ2n) is 5.45. The van der Waals surface area contributed by atoms with Gasteiger partial charge in [-0.1, -0.05) is 0 Å². The first-order valence-electron chi connectivity index (χ1n) is 7.93. The summed E-state index contributed by atoms with van der Waals surface area (Å²) in [5.74, 6) is -0.566. The molecule has 0 N–H and O–H groups in total. The van der Waals surface area contributed by atoms with Crippen LogP contribution in [0.1, 0.15) is 23.1 Å². The standard InChI is InChI=1S/C16H16F3N3O3S/c1-2-25-15(23)11-9-26-14(21-11)10-7-12(22-3-5-24-6-4-22)13(20-8-10)16(17,18)19/h7-9H,2-6H2,1H3. The minimum Gasteiger partial charge on any atom is -0.461 e. The van der Waals surface area contributed by atoms with Crippen molar-refractivity contribution >= 4 is 23.0 Å². The Labute approximate surface area is 151 Å². The van der Waals surface area contributed by atoms with E-state index in [1.165, 1.54) is 11.4 Å². The number of morpholine rings is 1. The average Bonchev–Trinajstić information content (AvgIpc) is 3.12. The van der Waals surface area contributed by atoms with Gasteiger partial charge in [-0.15, -0.1) is 11.3 Å². The van der Waals surface area contributed by atoms with E-state index in [0.717, 1.165) is 17.5 Å². The van der Waals surface area contributed by atoms with Crippen molar-refractivity contribution in [1.29, 1.82) is 0 Å². The smallest absolute Gasteiger partial charge is 0.435 e. The molecule has 0 radical (unpaired) electrons. The molecule has 3 heterocycles. The van der Waals surface area contributed by atoms with E-state index in [9.17, 15) is 18.0 Å². The maximum Gasteiger partial charge on any atom is 0.435 e. The number of carbonyl (C=O) groups is 1. The van der Waals surface area contributed by atoms with Crippen LogP contribution < -0.4 is 4.90 Å². The average molecular weight is 387 g/mol. The molecule has 0 aliphatic carbocycles. The Hall–Kier alpha value is -2.20. The van der Waals surface area contributed by atoms with Crippen LogP contribution in [0.5, 0.6) is 0 Å². The predicted molar refractivity (Wildman–Crippen MR) is 89.3 cm³/mol. The highest BCUT2D eigenvalue weighted by atomic mass is 32.1. The molecule has 1 aliphatic heterocycles. The van der Waals surface area contributed by atoms with Crippen LogP contribution in [0.2, 0.25) is 0 Å². The van der Waals surface area contributed by atoms with E-state index in [0.29, 0.717) is 36.9 Å². The van der Waals surface area contributed by atoms with Crippen molar-refractivity contribution < 1.29 is 27.4 Å². The van der Waals surface area contributed by atoms with E-state index >= 15 is 0 Å². The summed E-state index contributed by atoms with van der Waals surface area (Å²) in [5, 5.41) is 1.92. The fourth-order valence-electron chi connectivity index (χ4n) is 2.54. The van der Waals surface area contributed by atoms with Crippen LogP contribution in [-0.4, -0.2) is 48.8 Å². The summed E-state index contributed by atoms with van der Waals surface area (Å²) in [6.07, 6.45) is -3.44. The lowest BCUT2D eigenvalue weighted by molar-refractivity contribution is -0.140. The van der Waals surface area contributed by atoms with Crippen LogP contribution in [0.25, 0.3) is 10.6 Å². The largest absolute Gasteiger partial charge is 0.461 e. The molecule has 26 heavy (non-hydrogen) atoms. The van der Waals surface area contributed by atoms with Gasteiger partial charge < -0.3 is 14.4 Å². The fourth-order valence-corrected chi connectivity index (χ4v) is 3.31. The molecule has 2 aromatic rings. The summed E-state index contributed by atoms with van der Waals surface area (Å²) in [7, 11) is 0. The molecule has 0 atom stereocenters. The molecular formula is C16H16F3N3O3S. The molecule has 10 heteroatoms. The van der Waals surface area contributed by atoms with Gasteiger partial charge in [0.25, 0.3) is 0 Å². The van der Waals surface area contributed by atoms with Crippen molar-refractivity contribution in [3.63, 3.8) is 0 Å². The predicted octanol–water partition coefficient (Wildman–Crippen LogP) is 3.24. The summed E-state index contributed by atoms with van der Waals surface area (Å²) < 4.78 is 50.1. The van der Waals surface area contributed by atoms with E-state index in [-0.39, 0.29) is 18.0 Å². The van der Waals surface area contributed by atoms with E-state index < -0.39 is 17.8 Å². The topological polar surface area (TPSA) is 64.5 Å². The fraction of sp³-hybridized carbons (Fsp3) is 0.438. The molecule has 0 bridgehead atoms. The van der Waals surface area contributed by atoms with Gasteiger partial charge in [0.15, 0.2) is 11.4 Å². The molecule has 2 aromatic heterocycles. The third kappa shape index (κ3) is 3.96. The van der Waals surface area contributed by atoms with E-state index in [1.807, 2.05) is 0 Å². The van der Waals surface area contributed by atoms with Crippen molar-refractivity contribution in [3.8, 4) is 10.6 Å². The molecular weight excluding hydrogens is 371 g/mol. The Balaban J connectivity index is 1.97. The Bertz CT molecular complexity index is 789. The van der Waals surface area contributed by atoms with Crippen molar-refractivity contribution in [2.24, 2.45) is 0 Å². The second kappa shape index (κ2) is 7.58. The minimum atomic E-state index is -4.56. The summed E-state index contributed by atoms with van der Waals surface area (Å²) in [6, 6.07) is 1.41. The van der Waals surface area contributed by atoms with E-state index in [4.69, 9.17) is 9.47 Å². The molecule has 0 aromatic carbocycles. The zero-order valence-electron chi connectivity index (χ0n) is 13.9. The third-order valence-corrected chi connectivity index (χ3v) is 4.61. The van der Waals surface area contributed by atoms with Gasteiger partial charge in [0, 0.05) is 30.2 Å². The number of hydrogen-bond acceptors (Lipinski definition) is 7. The first kappa shape index (κ1) is 18.6. The Morgan fingerprint density at radius 3 is 2.77 bits per heavy atom. The van der Waals surface area contributed by atoms with Crippen molar-refractivity contribution in [2.75, 3.05) is 37.8 Å². The zero-order chi connectivity index (χ0) is 18.7. The van der Waals surface area contributed by atoms with Gasteiger partial charge in [-0.05, 0) is 13.0 Å². The van der Waals surface area contributed by atoms with Gasteiger partial charge in [0.05, 0.1) is 25.5 Å². The molecule has 0 unspecified atom stereocenters. The number of nitrogens with zero attached hydrogens (tertiary/aromatic N) is 3. The highest BCUT2D eigenvalue weighted by molar-refractivity contribution is 7.13. The number of aromatic nitrogens is 2. The van der Waals surface area contributed by atoms with Crippen LogP contribution in [0.15, 0.2) is 17.6 Å². The van der Waals surface area contributed by atoms with Crippen LogP contribution in [0, 0.1) is 0 Å². The lowest BCUT2D eigenvalue weighted by Crippen LogP contribution is -2.37. The summed E-state index contributed by atoms with van der Waals surface area (Å²) in [6.45, 7) is 3.30. The summed E-state index contributed by atoms with van der Waals surface area (Å²) in [4.78, 5) is 21.1. The number of halogens is 3. The maximum atomic E-state index is 13.3. The quantitative estimate of drug-likeness (QED) is 0.751. The molecule has 1 aliphatic rings. The highest BCUT2D eigenvalue weighted by Crippen LogP contribution is 2.38. The first-order chi connectivity index (χ1) is 12.4. The molecule has 140 valence electrons. The van der Waals surface area contributed by atoms with Crippen molar-refractivity contribution in [2.45, 2.75) is 13.1 Å². The van der Waals surface area contributed by atoms with Gasteiger partial charge in [-0.3, -0.25) is 0 Å². The minimum absolute atomic E-state index is 0.00816. The normalized spacial score (nSPS) is 15.2. The SMILES string of the molecule is CCOC(=O)c1csc(-c2cnc(C(F)(F)F)c(N3CCOCC3)c2)n1. The number of rotatable bonds is 4. The van der Waals surface area contributed by atoms with Crippen LogP contribution in [-0.2, 0) is 15.7 Å². The van der Waals surface area contributed by atoms with Crippen LogP contribution in [0.3, 0.4) is 0 Å². The number of hydrogen-bond donors (Lipinski definition) is 0. The van der Waals surface area contributed by atoms with Crippen molar-refractivity contribution in [1.82, 2.24) is 9.97 Å². The number of pyridine rings is 1. The van der Waals surface area contributed by atoms with Gasteiger partial charge >= 0.3 is 12.1 Å². The lowest BCUT2D eigenvalue weighted by Gasteiger charge is -2.30. The maximum absolute atomic E-state index is 13.3. The number of thiazole rings is 1. The Kier molecular flexibility index (Phi) is 5.42. The van der Waals surface area contributed by atoms with Gasteiger partial charge in [-0.25, -0.2) is 14.8 Å². The number of esters is 1. The number of carbonyl (C=O) groups excluding carboxylic acids is 1. The molecule has 0 amide bonds. The van der Waals surface area contributed by atoms with Gasteiger partial charge in [0.2, 0.25) is 0 Å². The number of ether oxygens (including phenoxy) is 2.